The van der Waals surface area contributed by atoms with Gasteiger partial charge >= 0.3 is 12.1 Å². The molecular weight excluding hydrogens is 570 g/mol. The standard InChI is InChI=1S/C25H17F3N6O2S3/c26-25(27,28)21(36)31-18-14-8-7-13-17(18)19-20(35)33(22(37)29-15-9-3-1-4-10-15)24(39)34(32-19)23(38)30-16-11-5-2-6-12-16/h1-14H,(H,29,37)(H,30,38)(H,31,36). The Morgan fingerprint density at radius 3 is 1.85 bits per heavy atom. The number of hydrogen-bond donors (Lipinski definition) is 3. The molecular formula is C25H17F3N6O2S3. The van der Waals surface area contributed by atoms with Gasteiger partial charge in [-0.2, -0.15) is 23.0 Å². The normalized spacial score (nSPS) is 10.9. The molecule has 14 heteroatoms. The van der Waals surface area contributed by atoms with Crippen LogP contribution in [0.25, 0.3) is 11.3 Å². The Bertz CT molecular complexity index is 1670. The number of nitrogens with zero attached hydrogens (tertiary/aromatic N) is 3. The molecule has 198 valence electrons. The molecule has 39 heavy (non-hydrogen) atoms. The van der Waals surface area contributed by atoms with Crippen molar-refractivity contribution < 1.29 is 18.0 Å². The summed E-state index contributed by atoms with van der Waals surface area (Å²) in [5, 5.41) is 11.7. The van der Waals surface area contributed by atoms with Gasteiger partial charge in [0.05, 0.1) is 5.69 Å². The summed E-state index contributed by atoms with van der Waals surface area (Å²) in [7, 11) is 0. The molecule has 1 amide bonds. The third-order valence-corrected chi connectivity index (χ3v) is 6.03. The van der Waals surface area contributed by atoms with Gasteiger partial charge in [0.15, 0.2) is 10.8 Å². The number of halogens is 3. The van der Waals surface area contributed by atoms with E-state index in [9.17, 15) is 22.8 Å². The number of alkyl halides is 3. The highest BCUT2D eigenvalue weighted by atomic mass is 32.1. The second-order valence-electron chi connectivity index (χ2n) is 7.77. The average Bonchev–Trinajstić information content (AvgIpc) is 2.90. The fourth-order valence-electron chi connectivity index (χ4n) is 3.34. The summed E-state index contributed by atoms with van der Waals surface area (Å²) in [6.45, 7) is 0. The van der Waals surface area contributed by atoms with Gasteiger partial charge in [-0.3, -0.25) is 9.59 Å². The van der Waals surface area contributed by atoms with Crippen LogP contribution in [-0.4, -0.2) is 36.7 Å². The maximum atomic E-state index is 13.7. The van der Waals surface area contributed by atoms with E-state index in [1.54, 1.807) is 66.0 Å². The van der Waals surface area contributed by atoms with E-state index in [1.165, 1.54) is 24.3 Å². The molecule has 0 fully saturated rings. The topological polar surface area (TPSA) is 93.0 Å². The number of para-hydroxylation sites is 3. The Balaban J connectivity index is 1.88. The summed E-state index contributed by atoms with van der Waals surface area (Å²) < 4.78 is 40.8. The first-order chi connectivity index (χ1) is 18.6. The van der Waals surface area contributed by atoms with Crippen molar-refractivity contribution in [1.82, 2.24) is 14.3 Å². The van der Waals surface area contributed by atoms with Crippen molar-refractivity contribution in [3.63, 3.8) is 0 Å². The molecule has 3 N–H and O–H groups in total. The Hall–Kier alpha value is -4.27. The van der Waals surface area contributed by atoms with Gasteiger partial charge in [0.1, 0.15) is 0 Å². The molecule has 1 aromatic heterocycles. The zero-order valence-electron chi connectivity index (χ0n) is 19.6. The molecule has 0 bridgehead atoms. The molecule has 0 atom stereocenters. The molecule has 4 rings (SSSR count). The molecule has 0 aliphatic heterocycles. The first-order valence-corrected chi connectivity index (χ1v) is 12.3. The minimum Gasteiger partial charge on any atom is -0.332 e. The minimum absolute atomic E-state index is 0.0412. The summed E-state index contributed by atoms with van der Waals surface area (Å²) in [6, 6.07) is 22.9. The second-order valence-corrected chi connectivity index (χ2v) is 8.91. The third kappa shape index (κ3) is 6.42. The van der Waals surface area contributed by atoms with E-state index in [0.717, 1.165) is 9.25 Å². The lowest BCUT2D eigenvalue weighted by molar-refractivity contribution is -0.167. The van der Waals surface area contributed by atoms with Gasteiger partial charge < -0.3 is 16.0 Å². The molecule has 0 aliphatic rings. The molecule has 0 unspecified atom stereocenters. The van der Waals surface area contributed by atoms with Gasteiger partial charge in [0, 0.05) is 16.9 Å². The Labute approximate surface area is 235 Å². The zero-order chi connectivity index (χ0) is 28.2. The Morgan fingerprint density at radius 1 is 0.769 bits per heavy atom. The highest BCUT2D eigenvalue weighted by molar-refractivity contribution is 7.81. The summed E-state index contributed by atoms with van der Waals surface area (Å²) in [5.74, 6) is -2.22. The highest BCUT2D eigenvalue weighted by Crippen LogP contribution is 2.26. The van der Waals surface area contributed by atoms with Crippen LogP contribution < -0.4 is 21.5 Å². The largest absolute Gasteiger partial charge is 0.471 e. The van der Waals surface area contributed by atoms with Crippen molar-refractivity contribution in [3.05, 3.63) is 100 Å². The smallest absolute Gasteiger partial charge is 0.332 e. The molecule has 1 heterocycles. The Kier molecular flexibility index (Phi) is 8.28. The van der Waals surface area contributed by atoms with Crippen LogP contribution in [0.5, 0.6) is 0 Å². The van der Waals surface area contributed by atoms with E-state index in [4.69, 9.17) is 36.7 Å². The van der Waals surface area contributed by atoms with Gasteiger partial charge in [-0.15, -0.1) is 0 Å². The van der Waals surface area contributed by atoms with Crippen LogP contribution in [0.4, 0.5) is 30.2 Å². The maximum absolute atomic E-state index is 13.7. The number of amides is 1. The lowest BCUT2D eigenvalue weighted by atomic mass is 10.1. The lowest BCUT2D eigenvalue weighted by Gasteiger charge is -2.18. The third-order valence-electron chi connectivity index (χ3n) is 5.11. The van der Waals surface area contributed by atoms with Crippen LogP contribution in [0.15, 0.2) is 89.7 Å². The van der Waals surface area contributed by atoms with Crippen LogP contribution in [0, 0.1) is 4.77 Å². The average molecular weight is 587 g/mol. The number of hydrogen-bond acceptors (Lipinski definition) is 6. The van der Waals surface area contributed by atoms with Gasteiger partial charge in [0.25, 0.3) is 5.56 Å². The number of nitrogens with one attached hydrogen (secondary N) is 3. The van der Waals surface area contributed by atoms with Crippen LogP contribution in [-0.2, 0) is 4.79 Å². The van der Waals surface area contributed by atoms with Crippen LogP contribution in [0.1, 0.15) is 0 Å². The predicted octanol–water partition coefficient (Wildman–Crippen LogP) is 5.43. The van der Waals surface area contributed by atoms with Crippen molar-refractivity contribution >= 4 is 69.8 Å². The Morgan fingerprint density at radius 2 is 1.28 bits per heavy atom. The molecule has 8 nitrogen and oxygen atoms in total. The monoisotopic (exact) mass is 586 g/mol. The first kappa shape index (κ1) is 27.8. The fourth-order valence-corrected chi connectivity index (χ4v) is 4.30. The minimum atomic E-state index is -5.16. The first-order valence-electron chi connectivity index (χ1n) is 11.0. The van der Waals surface area contributed by atoms with Gasteiger partial charge in [-0.05, 0) is 67.0 Å². The van der Waals surface area contributed by atoms with Crippen LogP contribution >= 0.6 is 36.7 Å². The molecule has 0 aliphatic carbocycles. The number of aromatic nitrogens is 3. The number of thiocarbonyl (C=S) groups is 2. The van der Waals surface area contributed by atoms with E-state index < -0.39 is 17.6 Å². The van der Waals surface area contributed by atoms with E-state index in [0.29, 0.717) is 11.4 Å². The molecule has 4 aromatic rings. The lowest BCUT2D eigenvalue weighted by Crippen LogP contribution is -2.38. The summed E-state index contributed by atoms with van der Waals surface area (Å²) in [6.07, 6.45) is -5.16. The number of carbonyl (C=O) groups is 1. The van der Waals surface area contributed by atoms with Crippen LogP contribution in [0.2, 0.25) is 0 Å². The summed E-state index contributed by atoms with van der Waals surface area (Å²) >= 11 is 16.5. The molecule has 0 saturated carbocycles. The van der Waals surface area contributed by atoms with E-state index in [2.05, 4.69) is 15.7 Å². The van der Waals surface area contributed by atoms with Gasteiger partial charge in [-0.25, -0.2) is 4.57 Å². The van der Waals surface area contributed by atoms with E-state index >= 15 is 0 Å². The van der Waals surface area contributed by atoms with E-state index in [-0.39, 0.29) is 31.9 Å². The van der Waals surface area contributed by atoms with Crippen molar-refractivity contribution in [3.8, 4) is 11.3 Å². The quantitative estimate of drug-likeness (QED) is 0.273. The molecule has 0 spiro atoms. The molecule has 0 saturated heterocycles. The van der Waals surface area contributed by atoms with Crippen molar-refractivity contribution in [2.45, 2.75) is 6.18 Å². The molecule has 3 aromatic carbocycles. The van der Waals surface area contributed by atoms with Crippen molar-refractivity contribution in [2.75, 3.05) is 16.0 Å². The van der Waals surface area contributed by atoms with Crippen LogP contribution in [0.3, 0.4) is 0 Å². The highest BCUT2D eigenvalue weighted by Gasteiger charge is 2.39. The number of anilines is 3. The number of rotatable bonds is 4. The van der Waals surface area contributed by atoms with Crippen molar-refractivity contribution in [1.29, 1.82) is 0 Å². The SMILES string of the molecule is O=C(Nc1ccccc1-c1nn(C(=S)Nc2ccccc2)c(=S)n(C(=S)Nc2ccccc2)c1=O)C(F)(F)F. The van der Waals surface area contributed by atoms with E-state index in [1.807, 2.05) is 0 Å². The summed E-state index contributed by atoms with van der Waals surface area (Å²) in [4.78, 5) is 25.4. The van der Waals surface area contributed by atoms with Gasteiger partial charge in [-0.1, -0.05) is 54.6 Å². The molecule has 0 radical (unpaired) electrons. The number of carbonyl (C=O) groups excluding carboxylic acids is 1. The summed E-state index contributed by atoms with van der Waals surface area (Å²) in [5.41, 5.74) is -0.479. The predicted molar refractivity (Wildman–Crippen MR) is 154 cm³/mol. The number of benzene rings is 3. The maximum Gasteiger partial charge on any atom is 0.471 e. The van der Waals surface area contributed by atoms with Gasteiger partial charge in [0.2, 0.25) is 9.88 Å². The van der Waals surface area contributed by atoms with Crippen molar-refractivity contribution in [2.24, 2.45) is 0 Å². The second kappa shape index (κ2) is 11.6. The zero-order valence-corrected chi connectivity index (χ0v) is 22.0. The fraction of sp³-hybridized carbons (Fsp3) is 0.0400.